The van der Waals surface area contributed by atoms with Gasteiger partial charge in [0, 0.05) is 32.2 Å². The Kier molecular flexibility index (Phi) is 6.33. The second-order valence-electron chi connectivity index (χ2n) is 7.22. The Labute approximate surface area is 153 Å². The lowest BCUT2D eigenvalue weighted by atomic mass is 10.0. The molecule has 3 N–H and O–H groups in total. The number of carboxylic acid groups (broad SMARTS) is 1. The normalized spacial score (nSPS) is 23.2. The van der Waals surface area contributed by atoms with Crippen LogP contribution in [-0.2, 0) is 11.3 Å². The summed E-state index contributed by atoms with van der Waals surface area (Å²) >= 11 is 0. The summed E-state index contributed by atoms with van der Waals surface area (Å²) in [6, 6.07) is 9.72. The van der Waals surface area contributed by atoms with Gasteiger partial charge in [0.1, 0.15) is 6.61 Å². The van der Waals surface area contributed by atoms with E-state index in [0.29, 0.717) is 25.0 Å². The van der Waals surface area contributed by atoms with Crippen LogP contribution in [0.25, 0.3) is 0 Å². The van der Waals surface area contributed by atoms with E-state index < -0.39 is 6.09 Å². The molecule has 1 aromatic rings. The van der Waals surface area contributed by atoms with E-state index in [1.165, 1.54) is 0 Å². The van der Waals surface area contributed by atoms with Crippen molar-refractivity contribution in [2.24, 2.45) is 11.8 Å². The molecule has 0 bridgehead atoms. The van der Waals surface area contributed by atoms with E-state index >= 15 is 0 Å². The van der Waals surface area contributed by atoms with Crippen LogP contribution in [-0.4, -0.2) is 54.4 Å². The maximum Gasteiger partial charge on any atom is 0.407 e. The first-order chi connectivity index (χ1) is 12.6. The fraction of sp³-hybridized carbons (Fsp3) is 0.579. The van der Waals surface area contributed by atoms with Gasteiger partial charge in [0.05, 0.1) is 0 Å². The van der Waals surface area contributed by atoms with Crippen molar-refractivity contribution in [2.45, 2.75) is 31.9 Å². The molecule has 7 heteroatoms. The van der Waals surface area contributed by atoms with Crippen LogP contribution < -0.4 is 10.6 Å². The van der Waals surface area contributed by atoms with Crippen molar-refractivity contribution in [1.29, 1.82) is 0 Å². The van der Waals surface area contributed by atoms with E-state index in [-0.39, 0.29) is 12.1 Å². The summed E-state index contributed by atoms with van der Waals surface area (Å²) in [5, 5.41) is 14.2. The number of nitrogens with zero attached hydrogens (tertiary/aromatic N) is 1. The highest BCUT2D eigenvalue weighted by atomic mass is 16.5. The van der Waals surface area contributed by atoms with Gasteiger partial charge in [-0.3, -0.25) is 0 Å². The Hall–Kier alpha value is -2.28. The number of nitrogens with one attached hydrogen (secondary N) is 2. The molecular formula is C19H27N3O4. The Bertz CT molecular complexity index is 602. The quantitative estimate of drug-likeness (QED) is 0.693. The van der Waals surface area contributed by atoms with Gasteiger partial charge < -0.3 is 25.4 Å². The van der Waals surface area contributed by atoms with Crippen molar-refractivity contribution in [3.8, 4) is 0 Å². The number of carbonyl (C=O) groups is 2. The van der Waals surface area contributed by atoms with E-state index in [1.54, 1.807) is 0 Å². The third kappa shape index (κ3) is 5.91. The van der Waals surface area contributed by atoms with E-state index in [4.69, 9.17) is 9.84 Å². The summed E-state index contributed by atoms with van der Waals surface area (Å²) in [7, 11) is 0. The molecule has 142 valence electrons. The highest BCUT2D eigenvalue weighted by Crippen LogP contribution is 2.38. The Morgan fingerprint density at radius 1 is 1.15 bits per heavy atom. The number of rotatable bonds is 7. The van der Waals surface area contributed by atoms with Gasteiger partial charge in [-0.1, -0.05) is 30.3 Å². The van der Waals surface area contributed by atoms with Gasteiger partial charge in [0.25, 0.3) is 0 Å². The van der Waals surface area contributed by atoms with Crippen molar-refractivity contribution < 1.29 is 19.4 Å². The largest absolute Gasteiger partial charge is 0.465 e. The second-order valence-corrected chi connectivity index (χ2v) is 7.22. The Morgan fingerprint density at radius 2 is 1.88 bits per heavy atom. The fourth-order valence-electron chi connectivity index (χ4n) is 3.54. The van der Waals surface area contributed by atoms with Crippen LogP contribution in [0.4, 0.5) is 9.59 Å². The first-order valence-corrected chi connectivity index (χ1v) is 9.26. The zero-order chi connectivity index (χ0) is 18.4. The lowest BCUT2D eigenvalue weighted by molar-refractivity contribution is 0.138. The standard InChI is InChI=1S/C19H27N3O4/c23-18(24)21-17-6-8-22(9-7-17)12-16-10-15(16)11-20-19(25)26-13-14-4-2-1-3-5-14/h1-5,15-17,21H,6-13H2,(H,20,25)(H,23,24). The third-order valence-electron chi connectivity index (χ3n) is 5.20. The van der Waals surface area contributed by atoms with Crippen LogP contribution in [0, 0.1) is 11.8 Å². The molecule has 0 radical (unpaired) electrons. The number of likely N-dealkylation sites (tertiary alicyclic amines) is 1. The zero-order valence-corrected chi connectivity index (χ0v) is 14.9. The van der Waals surface area contributed by atoms with Gasteiger partial charge in [-0.2, -0.15) is 0 Å². The molecule has 0 aromatic heterocycles. The summed E-state index contributed by atoms with van der Waals surface area (Å²) < 4.78 is 5.22. The molecule has 1 saturated carbocycles. The number of carbonyl (C=O) groups excluding carboxylic acids is 1. The minimum Gasteiger partial charge on any atom is -0.465 e. The molecule has 0 spiro atoms. The molecule has 2 fully saturated rings. The highest BCUT2D eigenvalue weighted by molar-refractivity contribution is 5.67. The molecule has 1 saturated heterocycles. The number of ether oxygens (including phenoxy) is 1. The van der Waals surface area contributed by atoms with Crippen molar-refractivity contribution in [3.05, 3.63) is 35.9 Å². The lowest BCUT2D eigenvalue weighted by Crippen LogP contribution is -2.44. The number of hydrogen-bond acceptors (Lipinski definition) is 4. The molecule has 26 heavy (non-hydrogen) atoms. The first kappa shape index (κ1) is 18.5. The molecule has 1 heterocycles. The van der Waals surface area contributed by atoms with Gasteiger partial charge in [0.2, 0.25) is 0 Å². The van der Waals surface area contributed by atoms with Gasteiger partial charge in [-0.15, -0.1) is 0 Å². The molecule has 3 rings (SSSR count). The summed E-state index contributed by atoms with van der Waals surface area (Å²) in [6.07, 6.45) is 1.57. The van der Waals surface area contributed by atoms with Crippen LogP contribution >= 0.6 is 0 Å². The Morgan fingerprint density at radius 3 is 2.58 bits per heavy atom. The SMILES string of the molecule is O=C(O)NC1CCN(CC2CC2CNC(=O)OCc2ccccc2)CC1. The van der Waals surface area contributed by atoms with Gasteiger partial charge in [0.15, 0.2) is 0 Å². The van der Waals surface area contributed by atoms with Gasteiger partial charge >= 0.3 is 12.2 Å². The van der Waals surface area contributed by atoms with Crippen LogP contribution in [0.2, 0.25) is 0 Å². The highest BCUT2D eigenvalue weighted by Gasteiger charge is 2.38. The van der Waals surface area contributed by atoms with Crippen LogP contribution in [0.15, 0.2) is 30.3 Å². The number of piperidine rings is 1. The van der Waals surface area contributed by atoms with Gasteiger partial charge in [-0.25, -0.2) is 9.59 Å². The first-order valence-electron chi connectivity index (χ1n) is 9.26. The molecular weight excluding hydrogens is 334 g/mol. The minimum absolute atomic E-state index is 0.0831. The average molecular weight is 361 g/mol. The summed E-state index contributed by atoms with van der Waals surface area (Å²) in [6.45, 7) is 3.85. The third-order valence-corrected chi connectivity index (χ3v) is 5.20. The summed E-state index contributed by atoms with van der Waals surface area (Å²) in [5.41, 5.74) is 0.979. The van der Waals surface area contributed by atoms with Crippen molar-refractivity contribution in [1.82, 2.24) is 15.5 Å². The Balaban J connectivity index is 1.26. The van der Waals surface area contributed by atoms with Crippen molar-refractivity contribution >= 4 is 12.2 Å². The van der Waals surface area contributed by atoms with E-state index in [0.717, 1.165) is 44.5 Å². The smallest absolute Gasteiger partial charge is 0.407 e. The average Bonchev–Trinajstić information content (AvgIpc) is 3.38. The zero-order valence-electron chi connectivity index (χ0n) is 14.9. The molecule has 1 aliphatic heterocycles. The van der Waals surface area contributed by atoms with E-state index in [2.05, 4.69) is 15.5 Å². The van der Waals surface area contributed by atoms with E-state index in [9.17, 15) is 9.59 Å². The molecule has 2 aliphatic rings. The number of alkyl carbamates (subject to hydrolysis) is 1. The van der Waals surface area contributed by atoms with E-state index in [1.807, 2.05) is 30.3 Å². The number of hydrogen-bond donors (Lipinski definition) is 3. The lowest BCUT2D eigenvalue weighted by Gasteiger charge is -2.31. The fourth-order valence-corrected chi connectivity index (χ4v) is 3.54. The van der Waals surface area contributed by atoms with Crippen molar-refractivity contribution in [3.63, 3.8) is 0 Å². The maximum atomic E-state index is 11.8. The molecule has 1 aromatic carbocycles. The monoisotopic (exact) mass is 361 g/mol. The predicted molar refractivity (Wildman–Crippen MR) is 96.8 cm³/mol. The van der Waals surface area contributed by atoms with Crippen LogP contribution in [0.1, 0.15) is 24.8 Å². The van der Waals surface area contributed by atoms with Crippen LogP contribution in [0.5, 0.6) is 0 Å². The maximum absolute atomic E-state index is 11.8. The summed E-state index contributed by atoms with van der Waals surface area (Å²) in [4.78, 5) is 24.8. The molecule has 2 atom stereocenters. The van der Waals surface area contributed by atoms with Crippen LogP contribution in [0.3, 0.4) is 0 Å². The minimum atomic E-state index is -0.934. The summed E-state index contributed by atoms with van der Waals surface area (Å²) in [5.74, 6) is 1.14. The number of amides is 2. The topological polar surface area (TPSA) is 90.9 Å². The van der Waals surface area contributed by atoms with Gasteiger partial charge in [-0.05, 0) is 36.7 Å². The number of benzene rings is 1. The predicted octanol–water partition coefficient (Wildman–Crippen LogP) is 2.28. The molecule has 1 aliphatic carbocycles. The molecule has 2 unspecified atom stereocenters. The molecule has 2 amide bonds. The molecule has 7 nitrogen and oxygen atoms in total. The second kappa shape index (κ2) is 8.89. The van der Waals surface area contributed by atoms with Crippen molar-refractivity contribution in [2.75, 3.05) is 26.2 Å².